The Hall–Kier alpha value is -1.30. The van der Waals surface area contributed by atoms with Gasteiger partial charge in [0.2, 0.25) is 0 Å². The maximum Gasteiger partial charge on any atom is 0.408 e. The molecule has 1 saturated carbocycles. The Balaban J connectivity index is 2.52. The van der Waals surface area contributed by atoms with Gasteiger partial charge in [-0.1, -0.05) is 0 Å². The molecule has 0 bridgehead atoms. The molecule has 1 amide bonds. The van der Waals surface area contributed by atoms with Crippen molar-refractivity contribution in [1.82, 2.24) is 5.32 Å². The van der Waals surface area contributed by atoms with Crippen molar-refractivity contribution in [3.63, 3.8) is 0 Å². The Bertz CT molecular complexity index is 344. The van der Waals surface area contributed by atoms with Gasteiger partial charge in [0, 0.05) is 6.61 Å². The molecular formula is C15H27NO5. The SMILES string of the molecule is CC(C)(C)OC(=O)NC(CCCO)C(=O)OC1CCCC1. The fraction of sp³-hybridized carbons (Fsp3) is 0.867. The van der Waals surface area contributed by atoms with Crippen molar-refractivity contribution in [2.75, 3.05) is 6.61 Å². The summed E-state index contributed by atoms with van der Waals surface area (Å²) in [5.74, 6) is -0.443. The highest BCUT2D eigenvalue weighted by molar-refractivity contribution is 5.81. The van der Waals surface area contributed by atoms with Crippen molar-refractivity contribution in [3.05, 3.63) is 0 Å². The van der Waals surface area contributed by atoms with E-state index in [1.54, 1.807) is 20.8 Å². The summed E-state index contributed by atoms with van der Waals surface area (Å²) in [6.07, 6.45) is 3.96. The van der Waals surface area contributed by atoms with Gasteiger partial charge in [-0.25, -0.2) is 9.59 Å². The van der Waals surface area contributed by atoms with Crippen LogP contribution in [0.4, 0.5) is 4.79 Å². The Morgan fingerprint density at radius 1 is 1.29 bits per heavy atom. The molecule has 0 aliphatic heterocycles. The second kappa shape index (κ2) is 8.22. The van der Waals surface area contributed by atoms with Crippen LogP contribution in [0.25, 0.3) is 0 Å². The third kappa shape index (κ3) is 7.32. The van der Waals surface area contributed by atoms with E-state index in [0.29, 0.717) is 12.8 Å². The van der Waals surface area contributed by atoms with Crippen LogP contribution in [-0.4, -0.2) is 41.5 Å². The lowest BCUT2D eigenvalue weighted by Gasteiger charge is -2.23. The third-order valence-corrected chi connectivity index (χ3v) is 3.21. The highest BCUT2D eigenvalue weighted by atomic mass is 16.6. The average molecular weight is 301 g/mol. The molecule has 1 aliphatic rings. The summed E-state index contributed by atoms with van der Waals surface area (Å²) in [5, 5.41) is 11.4. The molecule has 0 aromatic rings. The topological polar surface area (TPSA) is 84.9 Å². The van der Waals surface area contributed by atoms with Gasteiger partial charge in [0.05, 0.1) is 0 Å². The minimum atomic E-state index is -0.771. The summed E-state index contributed by atoms with van der Waals surface area (Å²) in [4.78, 5) is 23.9. The van der Waals surface area contributed by atoms with E-state index in [1.165, 1.54) is 0 Å². The molecule has 0 radical (unpaired) electrons. The molecule has 0 aromatic carbocycles. The van der Waals surface area contributed by atoms with Crippen molar-refractivity contribution in [2.45, 2.75) is 77.0 Å². The highest BCUT2D eigenvalue weighted by Gasteiger charge is 2.28. The molecule has 122 valence electrons. The fourth-order valence-electron chi connectivity index (χ4n) is 2.25. The zero-order valence-corrected chi connectivity index (χ0v) is 13.2. The maximum absolute atomic E-state index is 12.1. The van der Waals surface area contributed by atoms with E-state index in [2.05, 4.69) is 5.32 Å². The van der Waals surface area contributed by atoms with Crippen LogP contribution in [0, 0.1) is 0 Å². The normalized spacial score (nSPS) is 17.3. The molecule has 1 fully saturated rings. The lowest BCUT2D eigenvalue weighted by atomic mass is 10.1. The zero-order valence-electron chi connectivity index (χ0n) is 13.2. The molecule has 21 heavy (non-hydrogen) atoms. The van der Waals surface area contributed by atoms with Gasteiger partial charge < -0.3 is 19.9 Å². The third-order valence-electron chi connectivity index (χ3n) is 3.21. The number of esters is 1. The number of hydrogen-bond acceptors (Lipinski definition) is 5. The first-order valence-electron chi connectivity index (χ1n) is 7.62. The summed E-state index contributed by atoms with van der Waals surface area (Å²) >= 11 is 0. The predicted octanol–water partition coefficient (Wildman–Crippen LogP) is 2.14. The van der Waals surface area contributed by atoms with E-state index in [0.717, 1.165) is 25.7 Å². The van der Waals surface area contributed by atoms with Crippen LogP contribution in [0.5, 0.6) is 0 Å². The van der Waals surface area contributed by atoms with E-state index >= 15 is 0 Å². The molecule has 2 N–H and O–H groups in total. The first-order valence-corrected chi connectivity index (χ1v) is 7.62. The average Bonchev–Trinajstić information content (AvgIpc) is 2.84. The molecule has 0 saturated heterocycles. The molecule has 1 rings (SSSR count). The Kier molecular flexibility index (Phi) is 6.95. The Morgan fingerprint density at radius 3 is 2.43 bits per heavy atom. The minimum Gasteiger partial charge on any atom is -0.461 e. The van der Waals surface area contributed by atoms with Gasteiger partial charge in [-0.15, -0.1) is 0 Å². The van der Waals surface area contributed by atoms with E-state index in [4.69, 9.17) is 14.6 Å². The molecular weight excluding hydrogens is 274 g/mol. The smallest absolute Gasteiger partial charge is 0.408 e. The van der Waals surface area contributed by atoms with E-state index in [-0.39, 0.29) is 12.7 Å². The van der Waals surface area contributed by atoms with Gasteiger partial charge in [-0.05, 0) is 59.3 Å². The van der Waals surface area contributed by atoms with Gasteiger partial charge >= 0.3 is 12.1 Å². The summed E-state index contributed by atoms with van der Waals surface area (Å²) in [6, 6.07) is -0.771. The van der Waals surface area contributed by atoms with Crippen molar-refractivity contribution in [3.8, 4) is 0 Å². The first kappa shape index (κ1) is 17.8. The number of alkyl carbamates (subject to hydrolysis) is 1. The van der Waals surface area contributed by atoms with Gasteiger partial charge in [0.15, 0.2) is 0 Å². The summed E-state index contributed by atoms with van der Waals surface area (Å²) in [5.41, 5.74) is -0.624. The van der Waals surface area contributed by atoms with Crippen LogP contribution in [-0.2, 0) is 14.3 Å². The highest BCUT2D eigenvalue weighted by Crippen LogP contribution is 2.21. The lowest BCUT2D eigenvalue weighted by molar-refractivity contribution is -0.151. The maximum atomic E-state index is 12.1. The molecule has 6 nitrogen and oxygen atoms in total. The predicted molar refractivity (Wildman–Crippen MR) is 77.8 cm³/mol. The standard InChI is InChI=1S/C15H27NO5/c1-15(2,3)21-14(19)16-12(9-6-10-17)13(18)20-11-7-4-5-8-11/h11-12,17H,4-10H2,1-3H3,(H,16,19). The number of aliphatic hydroxyl groups is 1. The van der Waals surface area contributed by atoms with Crippen LogP contribution in [0.3, 0.4) is 0 Å². The van der Waals surface area contributed by atoms with Crippen LogP contribution < -0.4 is 5.32 Å². The van der Waals surface area contributed by atoms with Gasteiger partial charge in [-0.2, -0.15) is 0 Å². The summed E-state index contributed by atoms with van der Waals surface area (Å²) in [7, 11) is 0. The first-order chi connectivity index (χ1) is 9.81. The van der Waals surface area contributed by atoms with E-state index in [9.17, 15) is 9.59 Å². The van der Waals surface area contributed by atoms with Crippen LogP contribution in [0.1, 0.15) is 59.3 Å². The molecule has 6 heteroatoms. The Labute approximate surface area is 126 Å². The van der Waals surface area contributed by atoms with Crippen LogP contribution in [0.15, 0.2) is 0 Å². The fourth-order valence-corrected chi connectivity index (χ4v) is 2.25. The second-order valence-corrected chi connectivity index (χ2v) is 6.41. The minimum absolute atomic E-state index is 0.0385. The number of amides is 1. The van der Waals surface area contributed by atoms with E-state index in [1.807, 2.05) is 0 Å². The Morgan fingerprint density at radius 2 is 1.90 bits per heavy atom. The molecule has 0 spiro atoms. The summed E-state index contributed by atoms with van der Waals surface area (Å²) < 4.78 is 10.6. The molecule has 1 unspecified atom stereocenters. The zero-order chi connectivity index (χ0) is 15.9. The van der Waals surface area contributed by atoms with Gasteiger partial charge in [0.25, 0.3) is 0 Å². The van der Waals surface area contributed by atoms with Crippen molar-refractivity contribution < 1.29 is 24.2 Å². The van der Waals surface area contributed by atoms with Crippen LogP contribution >= 0.6 is 0 Å². The molecule has 1 aliphatic carbocycles. The number of carbonyl (C=O) groups is 2. The number of carbonyl (C=O) groups excluding carboxylic acids is 2. The van der Waals surface area contributed by atoms with Gasteiger partial charge in [0.1, 0.15) is 17.7 Å². The van der Waals surface area contributed by atoms with Crippen molar-refractivity contribution in [1.29, 1.82) is 0 Å². The monoisotopic (exact) mass is 301 g/mol. The molecule has 1 atom stereocenters. The molecule has 0 heterocycles. The second-order valence-electron chi connectivity index (χ2n) is 6.41. The number of hydrogen-bond donors (Lipinski definition) is 2. The number of rotatable bonds is 6. The van der Waals surface area contributed by atoms with Crippen LogP contribution in [0.2, 0.25) is 0 Å². The van der Waals surface area contributed by atoms with E-state index < -0.39 is 23.7 Å². The quantitative estimate of drug-likeness (QED) is 0.734. The largest absolute Gasteiger partial charge is 0.461 e. The number of nitrogens with one attached hydrogen (secondary N) is 1. The lowest BCUT2D eigenvalue weighted by Crippen LogP contribution is -2.45. The number of aliphatic hydroxyl groups excluding tert-OH is 1. The van der Waals surface area contributed by atoms with Crippen molar-refractivity contribution >= 4 is 12.1 Å². The van der Waals surface area contributed by atoms with Crippen molar-refractivity contribution in [2.24, 2.45) is 0 Å². The van der Waals surface area contributed by atoms with Gasteiger partial charge in [-0.3, -0.25) is 0 Å². The number of ether oxygens (including phenoxy) is 2. The molecule has 0 aromatic heterocycles. The summed E-state index contributed by atoms with van der Waals surface area (Å²) in [6.45, 7) is 5.23.